The fourth-order valence-electron chi connectivity index (χ4n) is 6.55. The van der Waals surface area contributed by atoms with Crippen LogP contribution in [0.25, 0.3) is 0 Å². The Morgan fingerprint density at radius 2 is 2.06 bits per heavy atom. The summed E-state index contributed by atoms with van der Waals surface area (Å²) in [4.78, 5) is 15.6. The van der Waals surface area contributed by atoms with E-state index in [1.165, 1.54) is 19.3 Å². The normalized spacial score (nSPS) is 34.0. The lowest BCUT2D eigenvalue weighted by Gasteiger charge is -2.47. The van der Waals surface area contributed by atoms with Crippen molar-refractivity contribution in [3.63, 3.8) is 0 Å². The van der Waals surface area contributed by atoms with Crippen molar-refractivity contribution in [3.05, 3.63) is 33.2 Å². The van der Waals surface area contributed by atoms with E-state index in [2.05, 4.69) is 15.6 Å². The lowest BCUT2D eigenvalue weighted by Crippen LogP contribution is -2.54. The first-order valence-electron chi connectivity index (χ1n) is 11.3. The summed E-state index contributed by atoms with van der Waals surface area (Å²) in [5.74, 6) is -2.30. The van der Waals surface area contributed by atoms with Crippen LogP contribution in [0.3, 0.4) is 0 Å². The lowest BCUT2D eigenvalue weighted by molar-refractivity contribution is -0.177. The number of piperidine rings is 1. The van der Waals surface area contributed by atoms with Gasteiger partial charge in [-0.15, -0.1) is 0 Å². The van der Waals surface area contributed by atoms with Crippen LogP contribution in [0.15, 0.2) is 33.2 Å². The van der Waals surface area contributed by atoms with Gasteiger partial charge in [-0.3, -0.25) is 4.79 Å². The zero-order chi connectivity index (χ0) is 21.8. The predicted octanol–water partition coefficient (Wildman–Crippen LogP) is 4.55. The maximum atomic E-state index is 13.4. The van der Waals surface area contributed by atoms with Gasteiger partial charge in [-0.05, 0) is 48.2 Å². The van der Waals surface area contributed by atoms with Crippen LogP contribution in [-0.2, 0) is 9.53 Å². The Balaban J connectivity index is 1.62. The molecular weight excluding hydrogens is 425 g/mol. The lowest BCUT2D eigenvalue weighted by atomic mass is 9.70. The molecule has 4 nitrogen and oxygen atoms in total. The molecule has 0 spiro atoms. The smallest absolute Gasteiger partial charge is 0.373 e. The first kappa shape index (κ1) is 21.6. The fraction of sp³-hybridized carbons (Fsp3) is 0.696. The topological polar surface area (TPSA) is 41.6 Å². The Hall–Kier alpha value is -1.25. The van der Waals surface area contributed by atoms with Gasteiger partial charge in [-0.2, -0.15) is 13.2 Å². The number of ketones is 1. The summed E-state index contributed by atoms with van der Waals surface area (Å²) in [6.45, 7) is 1.14. The molecule has 5 aliphatic rings. The molecule has 3 atom stereocenters. The van der Waals surface area contributed by atoms with Gasteiger partial charge in [-0.1, -0.05) is 37.1 Å². The molecule has 3 aliphatic heterocycles. The number of thioether (sulfide) groups is 1. The van der Waals surface area contributed by atoms with E-state index in [1.54, 1.807) is 18.9 Å². The SMILES string of the molecule is COC1(C2CCCCC2)CCC2=C3CNCC(C(=O)C(F)(F)F)C3N3CC=CSC1=C23. The van der Waals surface area contributed by atoms with E-state index in [1.807, 2.05) is 6.08 Å². The number of carbonyl (C=O) groups is 1. The molecule has 5 rings (SSSR count). The van der Waals surface area contributed by atoms with Crippen LogP contribution in [0.2, 0.25) is 0 Å². The number of alkyl halides is 3. The van der Waals surface area contributed by atoms with Crippen LogP contribution in [-0.4, -0.2) is 55.2 Å². The summed E-state index contributed by atoms with van der Waals surface area (Å²) in [6, 6.07) is -0.516. The number of nitrogens with zero attached hydrogens (tertiary/aromatic N) is 1. The van der Waals surface area contributed by atoms with Crippen molar-refractivity contribution in [2.24, 2.45) is 11.8 Å². The highest BCUT2D eigenvalue weighted by Crippen LogP contribution is 2.57. The predicted molar refractivity (Wildman–Crippen MR) is 114 cm³/mol. The number of rotatable bonds is 3. The first-order valence-corrected chi connectivity index (χ1v) is 12.2. The Morgan fingerprint density at radius 1 is 1.29 bits per heavy atom. The molecule has 0 bridgehead atoms. The van der Waals surface area contributed by atoms with Crippen LogP contribution >= 0.6 is 11.8 Å². The number of nitrogens with one attached hydrogen (secondary N) is 1. The highest BCUT2D eigenvalue weighted by Gasteiger charge is 2.56. The van der Waals surface area contributed by atoms with E-state index in [9.17, 15) is 18.0 Å². The van der Waals surface area contributed by atoms with Gasteiger partial charge in [0.15, 0.2) is 0 Å². The third-order valence-electron chi connectivity index (χ3n) is 7.89. The second-order valence-corrected chi connectivity index (χ2v) is 10.2. The number of carbonyl (C=O) groups excluding carboxylic acids is 1. The molecule has 31 heavy (non-hydrogen) atoms. The Kier molecular flexibility index (Phi) is 5.54. The van der Waals surface area contributed by atoms with Gasteiger partial charge < -0.3 is 15.0 Å². The second kappa shape index (κ2) is 7.96. The fourth-order valence-corrected chi connectivity index (χ4v) is 7.77. The van der Waals surface area contributed by atoms with Crippen molar-refractivity contribution in [2.45, 2.75) is 62.8 Å². The average Bonchev–Trinajstić information content (AvgIpc) is 2.93. The van der Waals surface area contributed by atoms with E-state index >= 15 is 0 Å². The molecule has 3 heterocycles. The summed E-state index contributed by atoms with van der Waals surface area (Å²) in [6.07, 6.45) is 4.75. The number of hydrogen-bond donors (Lipinski definition) is 1. The molecule has 0 aromatic carbocycles. The standard InChI is InChI=1S/C23H29F3N2O2S/c1-30-22(14-6-3-2-4-7-14)9-8-15-16-12-27-13-17(20(29)23(24,25)26)18(16)28-10-5-11-31-21(22)19(15)28/h5,11,14,17-18,27H,2-4,6-10,12-13H2,1H3. The zero-order valence-corrected chi connectivity index (χ0v) is 18.6. The summed E-state index contributed by atoms with van der Waals surface area (Å²) in [5, 5.41) is 5.16. The number of allylic oxidation sites excluding steroid dienone is 1. The highest BCUT2D eigenvalue weighted by molar-refractivity contribution is 8.06. The number of Topliss-reactive ketones (excluding diaryl/α,β-unsaturated/α-hetero) is 1. The summed E-state index contributed by atoms with van der Waals surface area (Å²) < 4.78 is 46.6. The Labute approximate surface area is 185 Å². The second-order valence-electron chi connectivity index (χ2n) is 9.30. The minimum atomic E-state index is -4.82. The van der Waals surface area contributed by atoms with Crippen molar-refractivity contribution in [1.82, 2.24) is 10.2 Å². The molecule has 0 aromatic heterocycles. The van der Waals surface area contributed by atoms with Crippen LogP contribution in [0.5, 0.6) is 0 Å². The third-order valence-corrected chi connectivity index (χ3v) is 8.99. The van der Waals surface area contributed by atoms with Crippen molar-refractivity contribution in [2.75, 3.05) is 26.7 Å². The van der Waals surface area contributed by atoms with Crippen LogP contribution in [0, 0.1) is 11.8 Å². The minimum absolute atomic E-state index is 0.0633. The number of methoxy groups -OCH3 is 1. The zero-order valence-electron chi connectivity index (χ0n) is 17.8. The quantitative estimate of drug-likeness (QED) is 0.678. The van der Waals surface area contributed by atoms with Crippen LogP contribution in [0.1, 0.15) is 44.9 Å². The van der Waals surface area contributed by atoms with Crippen LogP contribution in [0.4, 0.5) is 13.2 Å². The molecule has 3 unspecified atom stereocenters. The first-order chi connectivity index (χ1) is 14.9. The molecular formula is C23H29F3N2O2S. The van der Waals surface area contributed by atoms with Gasteiger partial charge in [0.1, 0.15) is 5.60 Å². The maximum Gasteiger partial charge on any atom is 0.450 e. The number of hydrogen-bond acceptors (Lipinski definition) is 5. The Bertz CT molecular complexity index is 859. The van der Waals surface area contributed by atoms with Gasteiger partial charge in [0.2, 0.25) is 5.78 Å². The molecule has 0 aromatic rings. The monoisotopic (exact) mass is 454 g/mol. The molecule has 2 fully saturated rings. The van der Waals surface area contributed by atoms with Gasteiger partial charge in [0, 0.05) is 31.6 Å². The third kappa shape index (κ3) is 3.32. The van der Waals surface area contributed by atoms with Crippen molar-refractivity contribution >= 4 is 17.5 Å². The van der Waals surface area contributed by atoms with Gasteiger partial charge in [0.05, 0.1) is 17.7 Å². The molecule has 0 radical (unpaired) electrons. The van der Waals surface area contributed by atoms with E-state index in [0.29, 0.717) is 19.0 Å². The van der Waals surface area contributed by atoms with Crippen molar-refractivity contribution in [3.8, 4) is 0 Å². The molecule has 1 N–H and O–H groups in total. The maximum absolute atomic E-state index is 13.4. The molecule has 1 saturated carbocycles. The number of halogens is 3. The molecule has 170 valence electrons. The van der Waals surface area contributed by atoms with Crippen molar-refractivity contribution < 1.29 is 22.7 Å². The summed E-state index contributed by atoms with van der Waals surface area (Å²) >= 11 is 1.67. The Morgan fingerprint density at radius 3 is 2.77 bits per heavy atom. The summed E-state index contributed by atoms with van der Waals surface area (Å²) in [7, 11) is 1.79. The van der Waals surface area contributed by atoms with E-state index < -0.39 is 23.9 Å². The largest absolute Gasteiger partial charge is 0.450 e. The number of ether oxygens (including phenoxy) is 1. The molecule has 2 aliphatic carbocycles. The summed E-state index contributed by atoms with van der Waals surface area (Å²) in [5.41, 5.74) is 2.79. The molecule has 8 heteroatoms. The highest BCUT2D eigenvalue weighted by atomic mass is 32.2. The van der Waals surface area contributed by atoms with Gasteiger partial charge >= 0.3 is 6.18 Å². The van der Waals surface area contributed by atoms with Gasteiger partial charge in [-0.25, -0.2) is 0 Å². The van der Waals surface area contributed by atoms with Gasteiger partial charge in [0.25, 0.3) is 0 Å². The average molecular weight is 455 g/mol. The molecule has 1 saturated heterocycles. The van der Waals surface area contributed by atoms with E-state index in [4.69, 9.17) is 4.74 Å². The molecule has 0 amide bonds. The number of fused-ring (bicyclic) bond motifs is 2. The van der Waals surface area contributed by atoms with Crippen LogP contribution < -0.4 is 5.32 Å². The van der Waals surface area contributed by atoms with E-state index in [0.717, 1.165) is 47.4 Å². The minimum Gasteiger partial charge on any atom is -0.373 e. The van der Waals surface area contributed by atoms with Crippen molar-refractivity contribution in [1.29, 1.82) is 0 Å². The van der Waals surface area contributed by atoms with E-state index in [-0.39, 0.29) is 12.1 Å².